The number of hydrogen-bond donors (Lipinski definition) is 1. The van der Waals surface area contributed by atoms with Crippen LogP contribution in [0, 0.1) is 5.92 Å². The number of aryl methyl sites for hydroxylation is 1. The molecule has 0 saturated carbocycles. The van der Waals surface area contributed by atoms with Crippen LogP contribution in [0.25, 0.3) is 0 Å². The third-order valence-corrected chi connectivity index (χ3v) is 2.90. The van der Waals surface area contributed by atoms with Crippen LogP contribution in [0.3, 0.4) is 0 Å². The Morgan fingerprint density at radius 2 is 1.89 bits per heavy atom. The van der Waals surface area contributed by atoms with Gasteiger partial charge in [0.05, 0.1) is 12.5 Å². The predicted octanol–water partition coefficient (Wildman–Crippen LogP) is 2.36. The van der Waals surface area contributed by atoms with Gasteiger partial charge in [-0.05, 0) is 31.0 Å². The van der Waals surface area contributed by atoms with Gasteiger partial charge in [-0.15, -0.1) is 0 Å². The SMILES string of the molecule is CCOC(=O)C(C)CC(=O)CCc1ccc(N)cc1. The van der Waals surface area contributed by atoms with Crippen molar-refractivity contribution in [3.8, 4) is 0 Å². The van der Waals surface area contributed by atoms with E-state index in [4.69, 9.17) is 10.5 Å². The molecule has 0 aromatic heterocycles. The summed E-state index contributed by atoms with van der Waals surface area (Å²) in [6.07, 6.45) is 1.36. The topological polar surface area (TPSA) is 69.4 Å². The molecule has 0 heterocycles. The molecule has 4 nitrogen and oxygen atoms in total. The standard InChI is InChI=1S/C15H21NO3/c1-3-19-15(18)11(2)10-14(17)9-6-12-4-7-13(16)8-5-12/h4-5,7-8,11H,3,6,9-10,16H2,1-2H3. The minimum Gasteiger partial charge on any atom is -0.466 e. The number of ether oxygens (including phenoxy) is 1. The molecule has 2 N–H and O–H groups in total. The Kier molecular flexibility index (Phi) is 6.06. The average molecular weight is 263 g/mol. The summed E-state index contributed by atoms with van der Waals surface area (Å²) in [6.45, 7) is 3.83. The molecule has 104 valence electrons. The summed E-state index contributed by atoms with van der Waals surface area (Å²) < 4.78 is 4.88. The normalized spacial score (nSPS) is 11.9. The Bertz CT molecular complexity index is 426. The van der Waals surface area contributed by atoms with Crippen molar-refractivity contribution in [1.29, 1.82) is 0 Å². The molecule has 0 spiro atoms. The third-order valence-electron chi connectivity index (χ3n) is 2.90. The van der Waals surface area contributed by atoms with E-state index in [0.717, 1.165) is 5.56 Å². The van der Waals surface area contributed by atoms with Gasteiger partial charge in [-0.25, -0.2) is 0 Å². The van der Waals surface area contributed by atoms with E-state index in [9.17, 15) is 9.59 Å². The minimum absolute atomic E-state index is 0.0809. The number of Topliss-reactive ketones (excluding diaryl/α,β-unsaturated/α-hetero) is 1. The number of anilines is 1. The lowest BCUT2D eigenvalue weighted by Crippen LogP contribution is -2.18. The minimum atomic E-state index is -0.362. The van der Waals surface area contributed by atoms with Crippen molar-refractivity contribution in [3.05, 3.63) is 29.8 Å². The number of carbonyl (C=O) groups is 2. The Morgan fingerprint density at radius 1 is 1.26 bits per heavy atom. The summed E-state index contributed by atoms with van der Waals surface area (Å²) in [5, 5.41) is 0. The van der Waals surface area contributed by atoms with Crippen LogP contribution in [0.4, 0.5) is 5.69 Å². The van der Waals surface area contributed by atoms with Gasteiger partial charge in [-0.2, -0.15) is 0 Å². The van der Waals surface area contributed by atoms with Crippen LogP contribution in [0.2, 0.25) is 0 Å². The molecule has 19 heavy (non-hydrogen) atoms. The van der Waals surface area contributed by atoms with Crippen molar-refractivity contribution in [2.24, 2.45) is 5.92 Å². The lowest BCUT2D eigenvalue weighted by Gasteiger charge is -2.09. The predicted molar refractivity (Wildman–Crippen MR) is 74.6 cm³/mol. The molecule has 1 unspecified atom stereocenters. The summed E-state index contributed by atoms with van der Waals surface area (Å²) in [7, 11) is 0. The molecule has 0 aliphatic heterocycles. The van der Waals surface area contributed by atoms with Gasteiger partial charge in [0.25, 0.3) is 0 Å². The van der Waals surface area contributed by atoms with Gasteiger partial charge < -0.3 is 10.5 Å². The van der Waals surface area contributed by atoms with Gasteiger partial charge in [0.15, 0.2) is 0 Å². The van der Waals surface area contributed by atoms with Gasteiger partial charge in [-0.1, -0.05) is 19.1 Å². The maximum absolute atomic E-state index is 11.8. The lowest BCUT2D eigenvalue weighted by atomic mass is 10.00. The van der Waals surface area contributed by atoms with Crippen LogP contribution in [0.15, 0.2) is 24.3 Å². The molecule has 1 aromatic carbocycles. The fraction of sp³-hybridized carbons (Fsp3) is 0.467. The second-order valence-electron chi connectivity index (χ2n) is 4.64. The van der Waals surface area contributed by atoms with E-state index in [-0.39, 0.29) is 24.1 Å². The van der Waals surface area contributed by atoms with E-state index in [1.807, 2.05) is 24.3 Å². The first-order chi connectivity index (χ1) is 9.02. The maximum Gasteiger partial charge on any atom is 0.309 e. The van der Waals surface area contributed by atoms with Gasteiger partial charge in [0.1, 0.15) is 5.78 Å². The molecule has 0 radical (unpaired) electrons. The van der Waals surface area contributed by atoms with Crippen LogP contribution in [-0.2, 0) is 20.7 Å². The first-order valence-electron chi connectivity index (χ1n) is 6.55. The molecule has 0 aliphatic rings. The number of carbonyl (C=O) groups excluding carboxylic acids is 2. The summed E-state index contributed by atoms with van der Waals surface area (Å²) in [4.78, 5) is 23.2. The highest BCUT2D eigenvalue weighted by Gasteiger charge is 2.17. The number of ketones is 1. The average Bonchev–Trinajstić information content (AvgIpc) is 2.38. The molecule has 1 atom stereocenters. The van der Waals surface area contributed by atoms with Crippen molar-refractivity contribution >= 4 is 17.4 Å². The number of hydrogen-bond acceptors (Lipinski definition) is 4. The van der Waals surface area contributed by atoms with Crippen molar-refractivity contribution in [1.82, 2.24) is 0 Å². The van der Waals surface area contributed by atoms with Crippen LogP contribution in [0.1, 0.15) is 32.3 Å². The highest BCUT2D eigenvalue weighted by atomic mass is 16.5. The first kappa shape index (κ1) is 15.2. The lowest BCUT2D eigenvalue weighted by molar-refractivity contribution is -0.148. The summed E-state index contributed by atoms with van der Waals surface area (Å²) in [6, 6.07) is 7.47. The molecule has 4 heteroatoms. The molecule has 1 aromatic rings. The van der Waals surface area contributed by atoms with E-state index in [0.29, 0.717) is 25.1 Å². The van der Waals surface area contributed by atoms with Crippen molar-refractivity contribution in [2.45, 2.75) is 33.1 Å². The van der Waals surface area contributed by atoms with Crippen molar-refractivity contribution in [2.75, 3.05) is 12.3 Å². The monoisotopic (exact) mass is 263 g/mol. The largest absolute Gasteiger partial charge is 0.466 e. The first-order valence-corrected chi connectivity index (χ1v) is 6.55. The zero-order valence-corrected chi connectivity index (χ0v) is 11.5. The second kappa shape index (κ2) is 7.56. The summed E-state index contributed by atoms with van der Waals surface area (Å²) in [5.41, 5.74) is 7.38. The Morgan fingerprint density at radius 3 is 2.47 bits per heavy atom. The number of esters is 1. The number of nitrogens with two attached hydrogens (primary N) is 1. The summed E-state index contributed by atoms with van der Waals surface area (Å²) >= 11 is 0. The quantitative estimate of drug-likeness (QED) is 0.605. The molecule has 0 fully saturated rings. The van der Waals surface area contributed by atoms with Gasteiger partial charge in [-0.3, -0.25) is 9.59 Å². The molecular formula is C15H21NO3. The molecular weight excluding hydrogens is 242 g/mol. The van der Waals surface area contributed by atoms with Crippen LogP contribution in [-0.4, -0.2) is 18.4 Å². The van der Waals surface area contributed by atoms with Crippen LogP contribution < -0.4 is 5.73 Å². The number of rotatable bonds is 7. The van der Waals surface area contributed by atoms with E-state index in [1.165, 1.54) is 0 Å². The molecule has 0 saturated heterocycles. The Balaban J connectivity index is 2.35. The van der Waals surface area contributed by atoms with E-state index in [2.05, 4.69) is 0 Å². The number of nitrogen functional groups attached to an aromatic ring is 1. The van der Waals surface area contributed by atoms with Gasteiger partial charge in [0.2, 0.25) is 0 Å². The van der Waals surface area contributed by atoms with Gasteiger partial charge >= 0.3 is 5.97 Å². The zero-order valence-electron chi connectivity index (χ0n) is 11.5. The molecule has 1 rings (SSSR count). The van der Waals surface area contributed by atoms with Crippen LogP contribution >= 0.6 is 0 Å². The van der Waals surface area contributed by atoms with E-state index in [1.54, 1.807) is 13.8 Å². The summed E-state index contributed by atoms with van der Waals surface area (Å²) in [5.74, 6) is -0.584. The highest BCUT2D eigenvalue weighted by molar-refractivity contribution is 5.84. The maximum atomic E-state index is 11.8. The molecule has 0 aliphatic carbocycles. The van der Waals surface area contributed by atoms with Gasteiger partial charge in [0, 0.05) is 18.5 Å². The van der Waals surface area contributed by atoms with Crippen molar-refractivity contribution in [3.63, 3.8) is 0 Å². The zero-order chi connectivity index (χ0) is 14.3. The molecule has 0 bridgehead atoms. The van der Waals surface area contributed by atoms with E-state index >= 15 is 0 Å². The Hall–Kier alpha value is -1.84. The number of benzene rings is 1. The second-order valence-corrected chi connectivity index (χ2v) is 4.64. The highest BCUT2D eigenvalue weighted by Crippen LogP contribution is 2.11. The van der Waals surface area contributed by atoms with Crippen molar-refractivity contribution < 1.29 is 14.3 Å². The smallest absolute Gasteiger partial charge is 0.309 e. The van der Waals surface area contributed by atoms with Crippen LogP contribution in [0.5, 0.6) is 0 Å². The molecule has 0 amide bonds. The fourth-order valence-electron chi connectivity index (χ4n) is 1.78. The van der Waals surface area contributed by atoms with E-state index < -0.39 is 0 Å². The fourth-order valence-corrected chi connectivity index (χ4v) is 1.78. The Labute approximate surface area is 113 Å². The third kappa shape index (κ3) is 5.55.